The lowest BCUT2D eigenvalue weighted by Gasteiger charge is -2.39. The second-order valence-corrected chi connectivity index (χ2v) is 8.58. The maximum Gasteiger partial charge on any atom is 0.243 e. The molecule has 0 saturated carbocycles. The van der Waals surface area contributed by atoms with Crippen LogP contribution < -0.4 is 10.0 Å². The molecular weight excluding hydrogens is 360 g/mol. The van der Waals surface area contributed by atoms with Crippen molar-refractivity contribution in [2.45, 2.75) is 18.9 Å². The van der Waals surface area contributed by atoms with E-state index in [4.69, 9.17) is 0 Å². The standard InChI is InChI=1S/C15H28N6O4S/c1-19(2)14(23)10-17-15(16-6-7-18-26(3,24)25)20-8-9-21-12(11-20)4-5-13(21)22/h12,18H,4-11H2,1-3H3,(H,16,17). The first kappa shape index (κ1) is 20.4. The molecule has 2 fully saturated rings. The number of amides is 2. The Labute approximate surface area is 154 Å². The van der Waals surface area contributed by atoms with Crippen LogP contribution in [0.15, 0.2) is 4.99 Å². The fraction of sp³-hybridized carbons (Fsp3) is 0.800. The first-order valence-electron chi connectivity index (χ1n) is 8.65. The number of sulfonamides is 1. The van der Waals surface area contributed by atoms with Crippen LogP contribution >= 0.6 is 0 Å². The van der Waals surface area contributed by atoms with E-state index in [1.165, 1.54) is 4.90 Å². The average Bonchev–Trinajstić information content (AvgIpc) is 2.93. The molecule has 2 aliphatic rings. The second-order valence-electron chi connectivity index (χ2n) is 6.75. The maximum atomic E-state index is 11.8. The molecule has 2 N–H and O–H groups in total. The Morgan fingerprint density at radius 3 is 2.69 bits per heavy atom. The molecular formula is C15H28N6O4S. The van der Waals surface area contributed by atoms with Crippen molar-refractivity contribution in [3.05, 3.63) is 0 Å². The van der Waals surface area contributed by atoms with Crippen LogP contribution in [-0.2, 0) is 19.6 Å². The smallest absolute Gasteiger partial charge is 0.243 e. The number of aliphatic imine (C=N–C) groups is 1. The van der Waals surface area contributed by atoms with Crippen molar-refractivity contribution in [3.63, 3.8) is 0 Å². The van der Waals surface area contributed by atoms with Crippen LogP contribution in [0.1, 0.15) is 12.8 Å². The topological polar surface area (TPSA) is 114 Å². The van der Waals surface area contributed by atoms with E-state index in [2.05, 4.69) is 15.0 Å². The van der Waals surface area contributed by atoms with Gasteiger partial charge in [0.25, 0.3) is 0 Å². The SMILES string of the molecule is CN(C)C(=O)CN=C(NCCNS(C)(=O)=O)N1CCN2C(=O)CCC2C1. The molecule has 26 heavy (non-hydrogen) atoms. The molecule has 10 nitrogen and oxygen atoms in total. The molecule has 2 rings (SSSR count). The Hall–Kier alpha value is -1.88. The van der Waals surface area contributed by atoms with E-state index >= 15 is 0 Å². The largest absolute Gasteiger partial charge is 0.355 e. The number of nitrogens with one attached hydrogen (secondary N) is 2. The predicted molar refractivity (Wildman–Crippen MR) is 98.2 cm³/mol. The van der Waals surface area contributed by atoms with Gasteiger partial charge in [-0.1, -0.05) is 0 Å². The fourth-order valence-electron chi connectivity index (χ4n) is 3.02. The Morgan fingerprint density at radius 2 is 2.04 bits per heavy atom. The zero-order valence-corrected chi connectivity index (χ0v) is 16.4. The highest BCUT2D eigenvalue weighted by molar-refractivity contribution is 7.88. The summed E-state index contributed by atoms with van der Waals surface area (Å²) < 4.78 is 24.7. The van der Waals surface area contributed by atoms with Crippen LogP contribution in [0, 0.1) is 0 Å². The molecule has 11 heteroatoms. The fourth-order valence-corrected chi connectivity index (χ4v) is 3.49. The summed E-state index contributed by atoms with van der Waals surface area (Å²) in [6.07, 6.45) is 2.51. The molecule has 148 valence electrons. The van der Waals surface area contributed by atoms with Crippen molar-refractivity contribution < 1.29 is 18.0 Å². The van der Waals surface area contributed by atoms with Gasteiger partial charge in [-0.05, 0) is 6.42 Å². The van der Waals surface area contributed by atoms with Crippen molar-refractivity contribution in [2.75, 3.05) is 59.6 Å². The van der Waals surface area contributed by atoms with Crippen molar-refractivity contribution in [1.29, 1.82) is 0 Å². The average molecular weight is 388 g/mol. The van der Waals surface area contributed by atoms with Crippen LogP contribution in [0.2, 0.25) is 0 Å². The van der Waals surface area contributed by atoms with Crippen LogP contribution in [0.5, 0.6) is 0 Å². The van der Waals surface area contributed by atoms with E-state index < -0.39 is 10.0 Å². The third-order valence-corrected chi connectivity index (χ3v) is 5.16. The Bertz CT molecular complexity index is 663. The molecule has 1 atom stereocenters. The molecule has 2 aliphatic heterocycles. The lowest BCUT2D eigenvalue weighted by Crippen LogP contribution is -2.56. The van der Waals surface area contributed by atoms with Crippen molar-refractivity contribution in [1.82, 2.24) is 24.7 Å². The molecule has 0 aliphatic carbocycles. The summed E-state index contributed by atoms with van der Waals surface area (Å²) in [6.45, 7) is 2.51. The predicted octanol–water partition coefficient (Wildman–Crippen LogP) is -2.12. The van der Waals surface area contributed by atoms with E-state index in [9.17, 15) is 18.0 Å². The summed E-state index contributed by atoms with van der Waals surface area (Å²) in [5.74, 6) is 0.643. The van der Waals surface area contributed by atoms with Gasteiger partial charge < -0.3 is 20.0 Å². The van der Waals surface area contributed by atoms with Crippen LogP contribution in [0.25, 0.3) is 0 Å². The molecule has 0 bridgehead atoms. The number of rotatable bonds is 6. The number of hydrogen-bond acceptors (Lipinski definition) is 5. The Balaban J connectivity index is 1.99. The van der Waals surface area contributed by atoms with Gasteiger partial charge in [0.15, 0.2) is 5.96 Å². The van der Waals surface area contributed by atoms with Crippen molar-refractivity contribution >= 4 is 27.8 Å². The molecule has 0 aromatic heterocycles. The van der Waals surface area contributed by atoms with Gasteiger partial charge in [-0.3, -0.25) is 9.59 Å². The molecule has 2 amide bonds. The molecule has 2 heterocycles. The molecule has 2 saturated heterocycles. The first-order valence-corrected chi connectivity index (χ1v) is 10.5. The van der Waals surface area contributed by atoms with Gasteiger partial charge in [0.2, 0.25) is 21.8 Å². The highest BCUT2D eigenvalue weighted by atomic mass is 32.2. The number of carbonyl (C=O) groups excluding carboxylic acids is 2. The Morgan fingerprint density at radius 1 is 1.31 bits per heavy atom. The van der Waals surface area contributed by atoms with Crippen molar-refractivity contribution in [2.24, 2.45) is 4.99 Å². The lowest BCUT2D eigenvalue weighted by atomic mass is 10.1. The number of fused-ring (bicyclic) bond motifs is 1. The molecule has 0 spiro atoms. The highest BCUT2D eigenvalue weighted by Crippen LogP contribution is 2.22. The number of carbonyl (C=O) groups is 2. The minimum absolute atomic E-state index is 0.0125. The zero-order chi connectivity index (χ0) is 19.3. The van der Waals surface area contributed by atoms with Gasteiger partial charge >= 0.3 is 0 Å². The number of hydrogen-bond donors (Lipinski definition) is 2. The number of nitrogens with zero attached hydrogens (tertiary/aromatic N) is 4. The van der Waals surface area contributed by atoms with E-state index in [0.717, 1.165) is 12.7 Å². The highest BCUT2D eigenvalue weighted by Gasteiger charge is 2.36. The monoisotopic (exact) mass is 388 g/mol. The van der Waals surface area contributed by atoms with Gasteiger partial charge in [-0.15, -0.1) is 0 Å². The maximum absolute atomic E-state index is 11.8. The summed E-state index contributed by atoms with van der Waals surface area (Å²) in [7, 11) is 0.0909. The number of guanidine groups is 1. The van der Waals surface area contributed by atoms with Gasteiger partial charge in [-0.2, -0.15) is 0 Å². The zero-order valence-electron chi connectivity index (χ0n) is 15.6. The minimum Gasteiger partial charge on any atom is -0.355 e. The van der Waals surface area contributed by atoms with Crippen LogP contribution in [0.4, 0.5) is 0 Å². The molecule has 0 radical (unpaired) electrons. The summed E-state index contributed by atoms with van der Waals surface area (Å²) in [5, 5.41) is 3.12. The molecule has 1 unspecified atom stereocenters. The Kier molecular flexibility index (Phi) is 6.81. The van der Waals surface area contributed by atoms with Gasteiger partial charge in [-0.25, -0.2) is 18.1 Å². The van der Waals surface area contributed by atoms with Crippen LogP contribution in [-0.4, -0.2) is 107 Å². The lowest BCUT2D eigenvalue weighted by molar-refractivity contribution is -0.130. The van der Waals surface area contributed by atoms with Gasteiger partial charge in [0.1, 0.15) is 6.54 Å². The number of piperazine rings is 1. The molecule has 0 aromatic carbocycles. The third kappa shape index (κ3) is 5.84. The second kappa shape index (κ2) is 8.67. The van der Waals surface area contributed by atoms with E-state index in [-0.39, 0.29) is 30.9 Å². The normalized spacial score (nSPS) is 21.0. The summed E-state index contributed by atoms with van der Waals surface area (Å²) in [5.41, 5.74) is 0. The summed E-state index contributed by atoms with van der Waals surface area (Å²) in [4.78, 5) is 33.5. The van der Waals surface area contributed by atoms with Gasteiger partial charge in [0, 0.05) is 59.3 Å². The third-order valence-electron chi connectivity index (χ3n) is 4.43. The van der Waals surface area contributed by atoms with E-state index in [1.807, 2.05) is 9.80 Å². The number of likely N-dealkylation sites (N-methyl/N-ethyl adjacent to an activating group) is 1. The van der Waals surface area contributed by atoms with Crippen molar-refractivity contribution in [3.8, 4) is 0 Å². The van der Waals surface area contributed by atoms with Gasteiger partial charge in [0.05, 0.1) is 6.26 Å². The minimum atomic E-state index is -3.25. The van der Waals surface area contributed by atoms with E-state index in [0.29, 0.717) is 38.6 Å². The molecule has 0 aromatic rings. The summed E-state index contributed by atoms with van der Waals surface area (Å²) >= 11 is 0. The first-order chi connectivity index (χ1) is 12.2. The van der Waals surface area contributed by atoms with Crippen LogP contribution in [0.3, 0.4) is 0 Å². The van der Waals surface area contributed by atoms with E-state index in [1.54, 1.807) is 14.1 Å². The summed E-state index contributed by atoms with van der Waals surface area (Å²) in [6, 6.07) is 0.168. The quantitative estimate of drug-likeness (QED) is 0.305.